The van der Waals surface area contributed by atoms with Crippen LogP contribution in [0, 0.1) is 5.82 Å². The van der Waals surface area contributed by atoms with Gasteiger partial charge in [0.1, 0.15) is 11.6 Å². The van der Waals surface area contributed by atoms with Gasteiger partial charge in [0.2, 0.25) is 0 Å². The summed E-state index contributed by atoms with van der Waals surface area (Å²) < 4.78 is 18.6. The summed E-state index contributed by atoms with van der Waals surface area (Å²) in [6.45, 7) is 5.22. The Morgan fingerprint density at radius 2 is 1.71 bits per heavy atom. The summed E-state index contributed by atoms with van der Waals surface area (Å²) in [7, 11) is 0. The normalized spacial score (nSPS) is 21.5. The number of nitrogens with zero attached hydrogens (tertiary/aromatic N) is 2. The molecular weight excluding hydrogens is 307 g/mol. The zero-order valence-electron chi connectivity index (χ0n) is 14.4. The van der Waals surface area contributed by atoms with Crippen molar-refractivity contribution in [1.29, 1.82) is 0 Å². The second kappa shape index (κ2) is 7.97. The summed E-state index contributed by atoms with van der Waals surface area (Å²) in [5.41, 5.74) is 0. The molecule has 0 bridgehead atoms. The van der Waals surface area contributed by atoms with E-state index >= 15 is 0 Å². The average Bonchev–Trinajstić information content (AvgIpc) is 2.64. The summed E-state index contributed by atoms with van der Waals surface area (Å²) in [6, 6.07) is 6.51. The van der Waals surface area contributed by atoms with E-state index in [2.05, 4.69) is 4.90 Å². The van der Waals surface area contributed by atoms with Gasteiger partial charge in [0, 0.05) is 32.2 Å². The van der Waals surface area contributed by atoms with E-state index in [-0.39, 0.29) is 11.7 Å². The molecule has 0 spiro atoms. The molecule has 0 N–H and O–H groups in total. The summed E-state index contributed by atoms with van der Waals surface area (Å²) in [5.74, 6) is 0.237. The van der Waals surface area contributed by atoms with Gasteiger partial charge in [-0.25, -0.2) is 4.39 Å². The molecule has 24 heavy (non-hydrogen) atoms. The number of hydrogen-bond acceptors (Lipinski definition) is 3. The molecule has 1 aromatic rings. The van der Waals surface area contributed by atoms with Gasteiger partial charge in [-0.15, -0.1) is 0 Å². The third kappa shape index (κ3) is 4.26. The molecule has 0 radical (unpaired) electrons. The van der Waals surface area contributed by atoms with Crippen LogP contribution in [0.1, 0.15) is 39.0 Å². The highest BCUT2D eigenvalue weighted by Gasteiger charge is 2.29. The molecule has 1 saturated carbocycles. The maximum absolute atomic E-state index is 12.9. The van der Waals surface area contributed by atoms with Crippen molar-refractivity contribution in [1.82, 2.24) is 9.80 Å². The Labute approximate surface area is 143 Å². The highest BCUT2D eigenvalue weighted by Crippen LogP contribution is 2.23. The summed E-state index contributed by atoms with van der Waals surface area (Å²) in [4.78, 5) is 17.0. The summed E-state index contributed by atoms with van der Waals surface area (Å²) in [6.07, 6.45) is 6.11. The number of halogens is 1. The van der Waals surface area contributed by atoms with Crippen LogP contribution in [0.3, 0.4) is 0 Å². The molecule has 2 fully saturated rings. The van der Waals surface area contributed by atoms with Gasteiger partial charge in [-0.3, -0.25) is 9.69 Å². The highest BCUT2D eigenvalue weighted by molar-refractivity contribution is 5.81. The number of benzene rings is 1. The molecule has 1 aromatic carbocycles. The first-order valence-corrected chi connectivity index (χ1v) is 9.08. The Kier molecular flexibility index (Phi) is 5.72. The monoisotopic (exact) mass is 334 g/mol. The molecule has 132 valence electrons. The number of rotatable bonds is 4. The standard InChI is InChI=1S/C19H27FN2O2/c1-15(24-18-9-7-16(20)8-10-18)19(23)22-13-11-21(12-14-22)17-5-3-2-4-6-17/h7-10,15,17H,2-6,11-14H2,1H3/t15-/m1/s1. The third-order valence-electron chi connectivity index (χ3n) is 5.19. The van der Waals surface area contributed by atoms with Gasteiger partial charge in [0.05, 0.1) is 0 Å². The molecule has 1 amide bonds. The Bertz CT molecular complexity index is 535. The van der Waals surface area contributed by atoms with E-state index in [0.29, 0.717) is 11.8 Å². The highest BCUT2D eigenvalue weighted by atomic mass is 19.1. The van der Waals surface area contributed by atoms with Crippen LogP contribution >= 0.6 is 0 Å². The zero-order chi connectivity index (χ0) is 16.9. The first-order valence-electron chi connectivity index (χ1n) is 9.08. The fraction of sp³-hybridized carbons (Fsp3) is 0.632. The lowest BCUT2D eigenvalue weighted by atomic mass is 9.94. The van der Waals surface area contributed by atoms with Gasteiger partial charge in [0.25, 0.3) is 5.91 Å². The van der Waals surface area contributed by atoms with E-state index < -0.39 is 6.10 Å². The maximum atomic E-state index is 12.9. The molecular formula is C19H27FN2O2. The molecule has 1 aliphatic carbocycles. The molecule has 1 aliphatic heterocycles. The van der Waals surface area contributed by atoms with Crippen molar-refractivity contribution in [2.75, 3.05) is 26.2 Å². The van der Waals surface area contributed by atoms with Gasteiger partial charge in [0.15, 0.2) is 6.10 Å². The van der Waals surface area contributed by atoms with E-state index in [0.717, 1.165) is 26.2 Å². The van der Waals surface area contributed by atoms with Crippen LogP contribution in [0.15, 0.2) is 24.3 Å². The van der Waals surface area contributed by atoms with Crippen molar-refractivity contribution in [3.63, 3.8) is 0 Å². The van der Waals surface area contributed by atoms with E-state index in [1.54, 1.807) is 19.1 Å². The fourth-order valence-corrected chi connectivity index (χ4v) is 3.78. The van der Waals surface area contributed by atoms with Crippen LogP contribution in [0.4, 0.5) is 4.39 Å². The molecule has 1 saturated heterocycles. The second-order valence-electron chi connectivity index (χ2n) is 6.87. The second-order valence-corrected chi connectivity index (χ2v) is 6.87. The Hall–Kier alpha value is -1.62. The average molecular weight is 334 g/mol. The zero-order valence-corrected chi connectivity index (χ0v) is 14.4. The van der Waals surface area contributed by atoms with E-state index in [1.807, 2.05) is 4.90 Å². The van der Waals surface area contributed by atoms with Gasteiger partial charge >= 0.3 is 0 Å². The van der Waals surface area contributed by atoms with E-state index in [4.69, 9.17) is 4.74 Å². The predicted octanol–water partition coefficient (Wildman–Crippen LogP) is 3.07. The molecule has 5 heteroatoms. The van der Waals surface area contributed by atoms with Crippen molar-refractivity contribution in [3.8, 4) is 5.75 Å². The Morgan fingerprint density at radius 1 is 1.08 bits per heavy atom. The van der Waals surface area contributed by atoms with Crippen LogP contribution in [-0.2, 0) is 4.79 Å². The predicted molar refractivity (Wildman–Crippen MR) is 91.5 cm³/mol. The summed E-state index contributed by atoms with van der Waals surface area (Å²) in [5, 5.41) is 0. The van der Waals surface area contributed by atoms with Crippen LogP contribution in [0.2, 0.25) is 0 Å². The minimum absolute atomic E-state index is 0.0163. The number of carbonyl (C=O) groups is 1. The quantitative estimate of drug-likeness (QED) is 0.848. The first-order chi connectivity index (χ1) is 11.6. The lowest BCUT2D eigenvalue weighted by Crippen LogP contribution is -2.54. The molecule has 3 rings (SSSR count). The van der Waals surface area contributed by atoms with Crippen molar-refractivity contribution >= 4 is 5.91 Å². The number of amides is 1. The number of carbonyl (C=O) groups excluding carboxylic acids is 1. The van der Waals surface area contributed by atoms with Gasteiger partial charge in [-0.1, -0.05) is 19.3 Å². The number of hydrogen-bond donors (Lipinski definition) is 0. The lowest BCUT2D eigenvalue weighted by molar-refractivity contribution is -0.140. The fourth-order valence-electron chi connectivity index (χ4n) is 3.78. The minimum atomic E-state index is -0.545. The third-order valence-corrected chi connectivity index (χ3v) is 5.19. The Morgan fingerprint density at radius 3 is 2.33 bits per heavy atom. The smallest absolute Gasteiger partial charge is 0.263 e. The van der Waals surface area contributed by atoms with Crippen LogP contribution < -0.4 is 4.74 Å². The largest absolute Gasteiger partial charge is 0.481 e. The summed E-state index contributed by atoms with van der Waals surface area (Å²) >= 11 is 0. The van der Waals surface area contributed by atoms with Crippen molar-refractivity contribution in [2.45, 2.75) is 51.2 Å². The molecule has 4 nitrogen and oxygen atoms in total. The van der Waals surface area contributed by atoms with E-state index in [9.17, 15) is 9.18 Å². The molecule has 1 heterocycles. The number of ether oxygens (including phenoxy) is 1. The minimum Gasteiger partial charge on any atom is -0.481 e. The van der Waals surface area contributed by atoms with Crippen LogP contribution in [0.25, 0.3) is 0 Å². The SMILES string of the molecule is C[C@@H](Oc1ccc(F)cc1)C(=O)N1CCN(C2CCCCC2)CC1. The van der Waals surface area contributed by atoms with Gasteiger partial charge < -0.3 is 9.64 Å². The van der Waals surface area contributed by atoms with Crippen molar-refractivity contribution < 1.29 is 13.9 Å². The number of piperazine rings is 1. The molecule has 2 aliphatic rings. The topological polar surface area (TPSA) is 32.8 Å². The molecule has 0 aromatic heterocycles. The first kappa shape index (κ1) is 17.2. The van der Waals surface area contributed by atoms with Gasteiger partial charge in [-0.05, 0) is 44.0 Å². The Balaban J connectivity index is 1.48. The van der Waals surface area contributed by atoms with Crippen molar-refractivity contribution in [3.05, 3.63) is 30.1 Å². The molecule has 0 unspecified atom stereocenters. The van der Waals surface area contributed by atoms with E-state index in [1.165, 1.54) is 44.2 Å². The molecule has 1 atom stereocenters. The lowest BCUT2D eigenvalue weighted by Gasteiger charge is -2.41. The van der Waals surface area contributed by atoms with Gasteiger partial charge in [-0.2, -0.15) is 0 Å². The van der Waals surface area contributed by atoms with Crippen molar-refractivity contribution in [2.24, 2.45) is 0 Å². The van der Waals surface area contributed by atoms with Crippen LogP contribution in [0.5, 0.6) is 5.75 Å². The maximum Gasteiger partial charge on any atom is 0.263 e. The van der Waals surface area contributed by atoms with Crippen LogP contribution in [-0.4, -0.2) is 54.0 Å².